The van der Waals surface area contributed by atoms with E-state index in [-0.39, 0.29) is 6.61 Å². The summed E-state index contributed by atoms with van der Waals surface area (Å²) in [5.74, 6) is 0.977. The van der Waals surface area contributed by atoms with E-state index in [2.05, 4.69) is 0 Å². The average Bonchev–Trinajstić information content (AvgIpc) is 2.86. The zero-order valence-corrected chi connectivity index (χ0v) is 18.9. The highest BCUT2D eigenvalue weighted by Gasteiger charge is 2.33. The monoisotopic (exact) mass is 452 g/mol. The van der Waals surface area contributed by atoms with Gasteiger partial charge in [0.1, 0.15) is 12.7 Å². The third-order valence-electron chi connectivity index (χ3n) is 4.90. The van der Waals surface area contributed by atoms with Gasteiger partial charge in [0.15, 0.2) is 23.0 Å². The van der Waals surface area contributed by atoms with Crippen molar-refractivity contribution in [3.63, 3.8) is 0 Å². The average molecular weight is 453 g/mol. The van der Waals surface area contributed by atoms with Crippen LogP contribution in [0.1, 0.15) is 24.2 Å². The van der Waals surface area contributed by atoms with Gasteiger partial charge in [-0.15, -0.1) is 0 Å². The quantitative estimate of drug-likeness (QED) is 0.434. The number of hydrogen-bond acceptors (Lipinski definition) is 7. The Bertz CT molecular complexity index is 1040. The highest BCUT2D eigenvalue weighted by atomic mass is 16.6. The summed E-state index contributed by atoms with van der Waals surface area (Å²) in [4.78, 5) is 12.6. The molecule has 0 aliphatic rings. The molecule has 33 heavy (non-hydrogen) atoms. The zero-order chi connectivity index (χ0) is 23.6. The smallest absolute Gasteiger partial charge is 0.350 e. The Labute approximate surface area is 193 Å². The Kier molecular flexibility index (Phi) is 8.55. The number of ether oxygens (including phenoxy) is 5. The number of benzene rings is 3. The molecule has 7 heteroatoms. The van der Waals surface area contributed by atoms with Crippen LogP contribution in [0.4, 0.5) is 0 Å². The summed E-state index contributed by atoms with van der Waals surface area (Å²) in [6.07, 6.45) is -2.65. The first kappa shape index (κ1) is 23.9. The van der Waals surface area contributed by atoms with Crippen LogP contribution in [0, 0.1) is 0 Å². The van der Waals surface area contributed by atoms with Gasteiger partial charge in [0, 0.05) is 0 Å². The SMILES string of the molecule is CCOC(=O)[C@H](Oc1ccccc1OC)[C@H](O)c1ccc(OCc2ccccc2)c(OC)c1. The summed E-state index contributed by atoms with van der Waals surface area (Å²) in [5.41, 5.74) is 1.42. The van der Waals surface area contributed by atoms with E-state index < -0.39 is 18.2 Å². The molecule has 0 radical (unpaired) electrons. The van der Waals surface area contributed by atoms with Crippen molar-refractivity contribution in [3.8, 4) is 23.0 Å². The van der Waals surface area contributed by atoms with Gasteiger partial charge >= 0.3 is 5.97 Å². The summed E-state index contributed by atoms with van der Waals surface area (Å²) in [6, 6.07) is 21.6. The number of carbonyl (C=O) groups is 1. The van der Waals surface area contributed by atoms with Crippen LogP contribution < -0.4 is 18.9 Å². The van der Waals surface area contributed by atoms with Crippen LogP contribution in [0.25, 0.3) is 0 Å². The van der Waals surface area contributed by atoms with Crippen molar-refractivity contribution in [1.82, 2.24) is 0 Å². The zero-order valence-electron chi connectivity index (χ0n) is 18.9. The molecule has 3 aromatic rings. The molecule has 0 fully saturated rings. The van der Waals surface area contributed by atoms with Crippen molar-refractivity contribution < 1.29 is 33.6 Å². The molecule has 3 aromatic carbocycles. The summed E-state index contributed by atoms with van der Waals surface area (Å²) < 4.78 is 27.6. The molecule has 0 aliphatic carbocycles. The molecule has 0 spiro atoms. The molecule has 174 valence electrons. The van der Waals surface area contributed by atoms with Crippen LogP contribution in [-0.2, 0) is 16.1 Å². The van der Waals surface area contributed by atoms with Gasteiger partial charge in [-0.05, 0) is 42.3 Å². The van der Waals surface area contributed by atoms with Crippen molar-refractivity contribution >= 4 is 5.97 Å². The molecule has 3 rings (SSSR count). The van der Waals surface area contributed by atoms with Gasteiger partial charge in [-0.3, -0.25) is 0 Å². The highest BCUT2D eigenvalue weighted by Crippen LogP contribution is 2.34. The number of rotatable bonds is 11. The number of aliphatic hydroxyl groups excluding tert-OH is 1. The lowest BCUT2D eigenvalue weighted by Gasteiger charge is -2.24. The van der Waals surface area contributed by atoms with Crippen LogP contribution in [0.15, 0.2) is 72.8 Å². The van der Waals surface area contributed by atoms with Crippen LogP contribution in [-0.4, -0.2) is 38.0 Å². The molecular formula is C26H28O7. The van der Waals surface area contributed by atoms with Gasteiger partial charge < -0.3 is 28.8 Å². The lowest BCUT2D eigenvalue weighted by Crippen LogP contribution is -2.35. The Balaban J connectivity index is 1.83. The third-order valence-corrected chi connectivity index (χ3v) is 4.90. The van der Waals surface area contributed by atoms with Gasteiger partial charge in [-0.1, -0.05) is 48.5 Å². The number of aliphatic hydroxyl groups is 1. The summed E-state index contributed by atoms with van der Waals surface area (Å²) in [7, 11) is 3.01. The molecule has 0 unspecified atom stereocenters. The van der Waals surface area contributed by atoms with Crippen molar-refractivity contribution in [2.75, 3.05) is 20.8 Å². The summed E-state index contributed by atoms with van der Waals surface area (Å²) in [5, 5.41) is 11.1. The molecule has 0 amide bonds. The first-order valence-corrected chi connectivity index (χ1v) is 10.6. The standard InChI is InChI=1S/C26H28O7/c1-4-31-26(28)25(33-22-13-9-8-12-20(22)29-2)24(27)19-14-15-21(23(16-19)30-3)32-17-18-10-6-5-7-11-18/h5-16,24-25,27H,4,17H2,1-3H3/t24-,25-/m1/s1. The van der Waals surface area contributed by atoms with E-state index in [1.165, 1.54) is 14.2 Å². The summed E-state index contributed by atoms with van der Waals surface area (Å²) >= 11 is 0. The second kappa shape index (κ2) is 11.8. The van der Waals surface area contributed by atoms with E-state index in [9.17, 15) is 9.90 Å². The van der Waals surface area contributed by atoms with Gasteiger partial charge in [-0.25, -0.2) is 4.79 Å². The molecule has 2 atom stereocenters. The van der Waals surface area contributed by atoms with E-state index in [0.717, 1.165) is 5.56 Å². The Morgan fingerprint density at radius 2 is 1.52 bits per heavy atom. The second-order valence-corrected chi connectivity index (χ2v) is 7.07. The minimum atomic E-state index is -1.33. The predicted molar refractivity (Wildman–Crippen MR) is 123 cm³/mol. The lowest BCUT2D eigenvalue weighted by molar-refractivity contribution is -0.157. The van der Waals surface area contributed by atoms with E-state index >= 15 is 0 Å². The largest absolute Gasteiger partial charge is 0.493 e. The number of para-hydroxylation sites is 2. The molecule has 0 bridgehead atoms. The number of esters is 1. The van der Waals surface area contributed by atoms with Crippen LogP contribution in [0.5, 0.6) is 23.0 Å². The van der Waals surface area contributed by atoms with Crippen LogP contribution in [0.2, 0.25) is 0 Å². The second-order valence-electron chi connectivity index (χ2n) is 7.07. The minimum absolute atomic E-state index is 0.146. The van der Waals surface area contributed by atoms with Crippen molar-refractivity contribution in [1.29, 1.82) is 0 Å². The Morgan fingerprint density at radius 3 is 2.18 bits per heavy atom. The molecule has 0 aliphatic heterocycles. The number of hydrogen-bond donors (Lipinski definition) is 1. The van der Waals surface area contributed by atoms with Crippen molar-refractivity contribution in [3.05, 3.63) is 83.9 Å². The third kappa shape index (κ3) is 6.17. The summed E-state index contributed by atoms with van der Waals surface area (Å²) in [6.45, 7) is 2.20. The predicted octanol–water partition coefficient (Wildman–Crippen LogP) is 4.33. The maximum Gasteiger partial charge on any atom is 0.350 e. The molecular weight excluding hydrogens is 424 g/mol. The Morgan fingerprint density at radius 1 is 0.848 bits per heavy atom. The molecule has 1 N–H and O–H groups in total. The van der Waals surface area contributed by atoms with E-state index in [1.54, 1.807) is 49.4 Å². The number of carbonyl (C=O) groups excluding carboxylic acids is 1. The Hall–Kier alpha value is -3.71. The minimum Gasteiger partial charge on any atom is -0.493 e. The molecule has 0 saturated heterocycles. The van der Waals surface area contributed by atoms with Crippen molar-refractivity contribution in [2.45, 2.75) is 25.7 Å². The number of methoxy groups -OCH3 is 2. The normalized spacial score (nSPS) is 12.4. The van der Waals surface area contributed by atoms with Gasteiger partial charge in [0.25, 0.3) is 0 Å². The maximum atomic E-state index is 12.6. The van der Waals surface area contributed by atoms with Crippen LogP contribution >= 0.6 is 0 Å². The molecule has 7 nitrogen and oxygen atoms in total. The van der Waals surface area contributed by atoms with Crippen LogP contribution in [0.3, 0.4) is 0 Å². The highest BCUT2D eigenvalue weighted by molar-refractivity contribution is 5.76. The first-order chi connectivity index (χ1) is 16.1. The maximum absolute atomic E-state index is 12.6. The lowest BCUT2D eigenvalue weighted by atomic mass is 10.0. The van der Waals surface area contributed by atoms with E-state index in [4.69, 9.17) is 23.7 Å². The molecule has 0 aromatic heterocycles. The van der Waals surface area contributed by atoms with Gasteiger partial charge in [-0.2, -0.15) is 0 Å². The molecule has 0 heterocycles. The van der Waals surface area contributed by atoms with Gasteiger partial charge in [0.2, 0.25) is 6.10 Å². The fraction of sp³-hybridized carbons (Fsp3) is 0.269. The van der Waals surface area contributed by atoms with E-state index in [1.807, 2.05) is 30.3 Å². The van der Waals surface area contributed by atoms with Gasteiger partial charge in [0.05, 0.1) is 20.8 Å². The van der Waals surface area contributed by atoms with Crippen molar-refractivity contribution in [2.24, 2.45) is 0 Å². The fourth-order valence-electron chi connectivity index (χ4n) is 3.22. The molecule has 0 saturated carbocycles. The fourth-order valence-corrected chi connectivity index (χ4v) is 3.22. The van der Waals surface area contributed by atoms with E-state index in [0.29, 0.717) is 35.2 Å². The topological polar surface area (TPSA) is 83.5 Å². The first-order valence-electron chi connectivity index (χ1n) is 10.6.